The third-order valence-corrected chi connectivity index (χ3v) is 3.66. The summed E-state index contributed by atoms with van der Waals surface area (Å²) in [5, 5.41) is 13.1. The van der Waals surface area contributed by atoms with Crippen LogP contribution in [0.3, 0.4) is 0 Å². The Balaban J connectivity index is 1.62. The summed E-state index contributed by atoms with van der Waals surface area (Å²) in [5.74, 6) is 1.54. The van der Waals surface area contributed by atoms with Crippen molar-refractivity contribution in [2.45, 2.75) is 6.54 Å². The molecule has 23 heavy (non-hydrogen) atoms. The minimum atomic E-state index is 0.585. The standard InChI is InChI=1S/C17H15N5O/c1-21(12-15-11-13-7-5-6-10-16(13)23-15)17-18-19-20-22(17)14-8-3-2-4-9-14/h2-11H,12H2,1H3. The zero-order valence-corrected chi connectivity index (χ0v) is 12.6. The van der Waals surface area contributed by atoms with Crippen LogP contribution in [0.5, 0.6) is 0 Å². The molecule has 0 saturated carbocycles. The topological polar surface area (TPSA) is 60.0 Å². The normalized spacial score (nSPS) is 11.0. The van der Waals surface area contributed by atoms with Gasteiger partial charge in [0.15, 0.2) is 0 Å². The van der Waals surface area contributed by atoms with E-state index in [0.29, 0.717) is 12.5 Å². The second-order valence-corrected chi connectivity index (χ2v) is 5.33. The summed E-state index contributed by atoms with van der Waals surface area (Å²) >= 11 is 0. The number of rotatable bonds is 4. The predicted octanol–water partition coefficient (Wildman–Crippen LogP) is 3.04. The highest BCUT2D eigenvalue weighted by atomic mass is 16.3. The van der Waals surface area contributed by atoms with E-state index in [2.05, 4.69) is 15.5 Å². The van der Waals surface area contributed by atoms with Gasteiger partial charge < -0.3 is 9.32 Å². The van der Waals surface area contributed by atoms with Gasteiger partial charge >= 0.3 is 0 Å². The molecule has 2 aromatic carbocycles. The Morgan fingerprint density at radius 3 is 2.65 bits per heavy atom. The van der Waals surface area contributed by atoms with E-state index < -0.39 is 0 Å². The molecule has 0 unspecified atom stereocenters. The number of anilines is 1. The van der Waals surface area contributed by atoms with Crippen LogP contribution in [0.25, 0.3) is 16.7 Å². The van der Waals surface area contributed by atoms with Gasteiger partial charge in [-0.1, -0.05) is 41.5 Å². The third kappa shape index (κ3) is 2.55. The summed E-state index contributed by atoms with van der Waals surface area (Å²) in [6.45, 7) is 0.585. The highest BCUT2D eigenvalue weighted by Crippen LogP contribution is 2.22. The zero-order chi connectivity index (χ0) is 15.6. The lowest BCUT2D eigenvalue weighted by molar-refractivity contribution is 0.543. The first kappa shape index (κ1) is 13.5. The van der Waals surface area contributed by atoms with E-state index in [0.717, 1.165) is 22.4 Å². The SMILES string of the molecule is CN(Cc1cc2ccccc2o1)c1nnnn1-c1ccccc1. The van der Waals surface area contributed by atoms with Crippen molar-refractivity contribution in [2.75, 3.05) is 11.9 Å². The van der Waals surface area contributed by atoms with E-state index in [1.807, 2.05) is 72.6 Å². The number of aromatic nitrogens is 4. The lowest BCUT2D eigenvalue weighted by Crippen LogP contribution is -2.20. The third-order valence-electron chi connectivity index (χ3n) is 3.66. The van der Waals surface area contributed by atoms with Crippen molar-refractivity contribution in [1.82, 2.24) is 20.2 Å². The van der Waals surface area contributed by atoms with E-state index in [1.54, 1.807) is 4.68 Å². The predicted molar refractivity (Wildman–Crippen MR) is 87.5 cm³/mol. The first-order valence-corrected chi connectivity index (χ1v) is 7.34. The Labute approximate surface area is 132 Å². The van der Waals surface area contributed by atoms with Crippen LogP contribution >= 0.6 is 0 Å². The zero-order valence-electron chi connectivity index (χ0n) is 12.6. The Hall–Kier alpha value is -3.15. The van der Waals surface area contributed by atoms with Crippen LogP contribution in [0.2, 0.25) is 0 Å². The van der Waals surface area contributed by atoms with E-state index in [9.17, 15) is 0 Å². The van der Waals surface area contributed by atoms with Gasteiger partial charge in [0, 0.05) is 12.4 Å². The second kappa shape index (κ2) is 5.57. The molecule has 4 rings (SSSR count). The molecule has 0 bridgehead atoms. The van der Waals surface area contributed by atoms with Crippen molar-refractivity contribution >= 4 is 16.9 Å². The summed E-state index contributed by atoms with van der Waals surface area (Å²) in [6, 6.07) is 19.8. The van der Waals surface area contributed by atoms with Gasteiger partial charge in [0.05, 0.1) is 12.2 Å². The number of para-hydroxylation sites is 2. The summed E-state index contributed by atoms with van der Waals surface area (Å²) in [4.78, 5) is 1.96. The fraction of sp³-hybridized carbons (Fsp3) is 0.118. The molecular formula is C17H15N5O. The van der Waals surface area contributed by atoms with Crippen molar-refractivity contribution in [2.24, 2.45) is 0 Å². The number of nitrogens with zero attached hydrogens (tertiary/aromatic N) is 5. The number of hydrogen-bond acceptors (Lipinski definition) is 5. The number of furan rings is 1. The molecule has 0 aliphatic carbocycles. The largest absolute Gasteiger partial charge is 0.459 e. The Morgan fingerprint density at radius 1 is 1.04 bits per heavy atom. The molecule has 0 aliphatic rings. The average molecular weight is 305 g/mol. The van der Waals surface area contributed by atoms with Gasteiger partial charge in [0.1, 0.15) is 11.3 Å². The van der Waals surface area contributed by atoms with Crippen molar-refractivity contribution in [1.29, 1.82) is 0 Å². The Bertz CT molecular complexity index is 895. The second-order valence-electron chi connectivity index (χ2n) is 5.33. The van der Waals surface area contributed by atoms with Crippen molar-refractivity contribution in [3.8, 4) is 5.69 Å². The van der Waals surface area contributed by atoms with Crippen LogP contribution in [0.1, 0.15) is 5.76 Å². The number of fused-ring (bicyclic) bond motifs is 1. The minimum Gasteiger partial charge on any atom is -0.459 e. The fourth-order valence-corrected chi connectivity index (χ4v) is 2.58. The molecule has 6 heteroatoms. The van der Waals surface area contributed by atoms with Crippen LogP contribution < -0.4 is 4.90 Å². The average Bonchev–Trinajstić information content (AvgIpc) is 3.22. The van der Waals surface area contributed by atoms with Gasteiger partial charge in [-0.25, -0.2) is 0 Å². The number of benzene rings is 2. The Kier molecular flexibility index (Phi) is 3.27. The first-order chi connectivity index (χ1) is 11.3. The fourth-order valence-electron chi connectivity index (χ4n) is 2.58. The summed E-state index contributed by atoms with van der Waals surface area (Å²) < 4.78 is 7.57. The minimum absolute atomic E-state index is 0.585. The molecule has 0 aliphatic heterocycles. The molecule has 0 fully saturated rings. The lowest BCUT2D eigenvalue weighted by Gasteiger charge is -2.16. The van der Waals surface area contributed by atoms with E-state index >= 15 is 0 Å². The van der Waals surface area contributed by atoms with Crippen molar-refractivity contribution in [3.05, 3.63) is 66.4 Å². The molecule has 0 amide bonds. The molecule has 2 heterocycles. The van der Waals surface area contributed by atoms with E-state index in [4.69, 9.17) is 4.42 Å². The summed E-state index contributed by atoms with van der Waals surface area (Å²) in [7, 11) is 1.94. The molecule has 0 N–H and O–H groups in total. The maximum Gasteiger partial charge on any atom is 0.250 e. The van der Waals surface area contributed by atoms with Crippen LogP contribution in [0, 0.1) is 0 Å². The quantitative estimate of drug-likeness (QED) is 0.580. The summed E-state index contributed by atoms with van der Waals surface area (Å²) in [6.07, 6.45) is 0. The van der Waals surface area contributed by atoms with Gasteiger partial charge in [0.25, 0.3) is 5.95 Å². The first-order valence-electron chi connectivity index (χ1n) is 7.34. The molecule has 2 aromatic heterocycles. The van der Waals surface area contributed by atoms with Gasteiger partial charge in [0.2, 0.25) is 0 Å². The van der Waals surface area contributed by atoms with Gasteiger partial charge in [-0.15, -0.1) is 0 Å². The van der Waals surface area contributed by atoms with Crippen LogP contribution in [0.15, 0.2) is 65.1 Å². The number of hydrogen-bond donors (Lipinski definition) is 0. The van der Waals surface area contributed by atoms with Crippen molar-refractivity contribution < 1.29 is 4.42 Å². The molecule has 0 radical (unpaired) electrons. The monoisotopic (exact) mass is 305 g/mol. The van der Waals surface area contributed by atoms with E-state index in [-0.39, 0.29) is 0 Å². The molecule has 0 spiro atoms. The smallest absolute Gasteiger partial charge is 0.250 e. The van der Waals surface area contributed by atoms with Crippen LogP contribution in [-0.2, 0) is 6.54 Å². The highest BCUT2D eigenvalue weighted by molar-refractivity contribution is 5.77. The maximum atomic E-state index is 5.86. The molecule has 0 atom stereocenters. The molecule has 0 saturated heterocycles. The lowest BCUT2D eigenvalue weighted by atomic mass is 10.2. The summed E-state index contributed by atoms with van der Waals surface area (Å²) in [5.41, 5.74) is 1.81. The van der Waals surface area contributed by atoms with Gasteiger partial charge in [-0.05, 0) is 34.7 Å². The Morgan fingerprint density at radius 2 is 1.83 bits per heavy atom. The van der Waals surface area contributed by atoms with E-state index in [1.165, 1.54) is 0 Å². The number of tetrazole rings is 1. The molecule has 114 valence electrons. The highest BCUT2D eigenvalue weighted by Gasteiger charge is 2.14. The molecular weight excluding hydrogens is 290 g/mol. The molecule has 6 nitrogen and oxygen atoms in total. The van der Waals surface area contributed by atoms with Gasteiger partial charge in [-0.3, -0.25) is 0 Å². The van der Waals surface area contributed by atoms with Gasteiger partial charge in [-0.2, -0.15) is 4.68 Å². The van der Waals surface area contributed by atoms with Crippen LogP contribution in [-0.4, -0.2) is 27.3 Å². The molecule has 4 aromatic rings. The maximum absolute atomic E-state index is 5.86. The van der Waals surface area contributed by atoms with Crippen LogP contribution in [0.4, 0.5) is 5.95 Å². The van der Waals surface area contributed by atoms with Crippen molar-refractivity contribution in [3.63, 3.8) is 0 Å².